The van der Waals surface area contributed by atoms with Gasteiger partial charge < -0.3 is 5.32 Å². The van der Waals surface area contributed by atoms with Crippen LogP contribution in [0.25, 0.3) is 0 Å². The van der Waals surface area contributed by atoms with Gasteiger partial charge in [-0.1, -0.05) is 0 Å². The van der Waals surface area contributed by atoms with Crippen LogP contribution in [-0.2, 0) is 6.54 Å². The molecule has 1 N–H and O–H groups in total. The molecule has 0 bridgehead atoms. The number of pyridine rings is 1. The van der Waals surface area contributed by atoms with Crippen molar-refractivity contribution >= 4 is 15.9 Å². The van der Waals surface area contributed by atoms with Gasteiger partial charge in [0.15, 0.2) is 0 Å². The summed E-state index contributed by atoms with van der Waals surface area (Å²) in [4.78, 5) is 6.99. The van der Waals surface area contributed by atoms with Gasteiger partial charge in [-0.3, -0.25) is 9.88 Å². The maximum absolute atomic E-state index is 4.46. The van der Waals surface area contributed by atoms with Crippen LogP contribution in [0, 0.1) is 5.92 Å². The first-order valence-corrected chi connectivity index (χ1v) is 8.15. The Balaban J connectivity index is 1.40. The van der Waals surface area contributed by atoms with Crippen LogP contribution >= 0.6 is 15.9 Å². The molecule has 2 fully saturated rings. The lowest BCUT2D eigenvalue weighted by Gasteiger charge is -2.31. The van der Waals surface area contributed by atoms with Gasteiger partial charge in [-0.2, -0.15) is 0 Å². The number of halogens is 1. The highest BCUT2D eigenvalue weighted by molar-refractivity contribution is 9.10. The SMILES string of the molecule is Brc1ccc(CN2CCC(CNC3CC3)CC2)nc1. The molecule has 2 aliphatic rings. The molecule has 1 saturated carbocycles. The monoisotopic (exact) mass is 323 g/mol. The maximum Gasteiger partial charge on any atom is 0.0544 e. The molecule has 0 atom stereocenters. The van der Waals surface area contributed by atoms with Gasteiger partial charge in [-0.05, 0) is 79.3 Å². The fourth-order valence-corrected chi connectivity index (χ4v) is 2.93. The topological polar surface area (TPSA) is 28.2 Å². The van der Waals surface area contributed by atoms with Crippen LogP contribution in [0.4, 0.5) is 0 Å². The molecule has 0 spiro atoms. The minimum absolute atomic E-state index is 0.852. The van der Waals surface area contributed by atoms with E-state index in [1.54, 1.807) is 0 Å². The molecular weight excluding hydrogens is 302 g/mol. The maximum atomic E-state index is 4.46. The summed E-state index contributed by atoms with van der Waals surface area (Å²) >= 11 is 3.43. The summed E-state index contributed by atoms with van der Waals surface area (Å²) in [7, 11) is 0. The highest BCUT2D eigenvalue weighted by Crippen LogP contribution is 2.22. The van der Waals surface area contributed by atoms with Crippen molar-refractivity contribution in [3.63, 3.8) is 0 Å². The second-order valence-electron chi connectivity index (χ2n) is 5.87. The molecule has 19 heavy (non-hydrogen) atoms. The minimum Gasteiger partial charge on any atom is -0.314 e. The predicted molar refractivity (Wildman–Crippen MR) is 81.0 cm³/mol. The van der Waals surface area contributed by atoms with E-state index in [1.807, 2.05) is 6.20 Å². The highest BCUT2D eigenvalue weighted by atomic mass is 79.9. The minimum atomic E-state index is 0.852. The van der Waals surface area contributed by atoms with Crippen LogP contribution in [0.3, 0.4) is 0 Å². The van der Waals surface area contributed by atoms with Crippen molar-refractivity contribution in [1.82, 2.24) is 15.2 Å². The van der Waals surface area contributed by atoms with E-state index in [4.69, 9.17) is 0 Å². The quantitative estimate of drug-likeness (QED) is 0.903. The average molecular weight is 324 g/mol. The van der Waals surface area contributed by atoms with E-state index < -0.39 is 0 Å². The highest BCUT2D eigenvalue weighted by Gasteiger charge is 2.24. The lowest BCUT2D eigenvalue weighted by molar-refractivity contribution is 0.173. The Kier molecular flexibility index (Phi) is 4.51. The predicted octanol–water partition coefficient (Wildman–Crippen LogP) is 2.81. The zero-order valence-corrected chi connectivity index (χ0v) is 12.9. The molecule has 104 valence electrons. The van der Waals surface area contributed by atoms with Gasteiger partial charge in [-0.25, -0.2) is 0 Å². The molecule has 1 aromatic heterocycles. The molecule has 1 aliphatic heterocycles. The first kappa shape index (κ1) is 13.5. The standard InChI is InChI=1S/C15H22BrN3/c16-13-1-2-15(18-10-13)11-19-7-5-12(6-8-19)9-17-14-3-4-14/h1-2,10,12,14,17H,3-9,11H2. The van der Waals surface area contributed by atoms with Crippen molar-refractivity contribution < 1.29 is 0 Å². The van der Waals surface area contributed by atoms with Crippen LogP contribution in [0.1, 0.15) is 31.4 Å². The Morgan fingerprint density at radius 2 is 2.00 bits per heavy atom. The van der Waals surface area contributed by atoms with Crippen LogP contribution in [0.15, 0.2) is 22.8 Å². The van der Waals surface area contributed by atoms with Gasteiger partial charge in [0.2, 0.25) is 0 Å². The second-order valence-corrected chi connectivity index (χ2v) is 6.79. The summed E-state index contributed by atoms with van der Waals surface area (Å²) in [5.74, 6) is 0.884. The smallest absolute Gasteiger partial charge is 0.0544 e. The van der Waals surface area contributed by atoms with Crippen molar-refractivity contribution in [2.45, 2.75) is 38.3 Å². The van der Waals surface area contributed by atoms with Crippen LogP contribution < -0.4 is 5.32 Å². The molecule has 4 heteroatoms. The molecule has 1 aliphatic carbocycles. The van der Waals surface area contributed by atoms with Gasteiger partial charge >= 0.3 is 0 Å². The van der Waals surface area contributed by atoms with Gasteiger partial charge in [-0.15, -0.1) is 0 Å². The Hall–Kier alpha value is -0.450. The number of nitrogens with one attached hydrogen (secondary N) is 1. The van der Waals surface area contributed by atoms with Crippen molar-refractivity contribution in [3.8, 4) is 0 Å². The van der Waals surface area contributed by atoms with Crippen molar-refractivity contribution in [3.05, 3.63) is 28.5 Å². The normalized spacial score (nSPS) is 21.7. The van der Waals surface area contributed by atoms with E-state index in [2.05, 4.69) is 43.3 Å². The summed E-state index contributed by atoms with van der Waals surface area (Å²) in [6.45, 7) is 4.66. The Labute approximate surface area is 123 Å². The van der Waals surface area contributed by atoms with Gasteiger partial charge in [0, 0.05) is 23.3 Å². The molecule has 0 amide bonds. The second kappa shape index (κ2) is 6.33. The average Bonchev–Trinajstić information content (AvgIpc) is 3.25. The van der Waals surface area contributed by atoms with E-state index >= 15 is 0 Å². The number of piperidine rings is 1. The summed E-state index contributed by atoms with van der Waals surface area (Å²) < 4.78 is 1.06. The third-order valence-electron chi connectivity index (χ3n) is 4.15. The number of hydrogen-bond donors (Lipinski definition) is 1. The molecule has 0 unspecified atom stereocenters. The van der Waals surface area contributed by atoms with Gasteiger partial charge in [0.25, 0.3) is 0 Å². The summed E-state index contributed by atoms with van der Waals surface area (Å²) in [5, 5.41) is 3.66. The van der Waals surface area contributed by atoms with Crippen LogP contribution in [0.2, 0.25) is 0 Å². The van der Waals surface area contributed by atoms with Crippen molar-refractivity contribution in [1.29, 1.82) is 0 Å². The molecule has 0 radical (unpaired) electrons. The van der Waals surface area contributed by atoms with E-state index in [1.165, 1.54) is 51.0 Å². The number of hydrogen-bond acceptors (Lipinski definition) is 3. The van der Waals surface area contributed by atoms with Crippen molar-refractivity contribution in [2.75, 3.05) is 19.6 Å². The molecule has 3 rings (SSSR count). The molecule has 1 saturated heterocycles. The fraction of sp³-hybridized carbons (Fsp3) is 0.667. The molecule has 3 nitrogen and oxygen atoms in total. The molecular formula is C15H22BrN3. The third-order valence-corrected chi connectivity index (χ3v) is 4.62. The summed E-state index contributed by atoms with van der Waals surface area (Å²) in [6.07, 6.45) is 7.34. The number of likely N-dealkylation sites (tertiary alicyclic amines) is 1. The first-order chi connectivity index (χ1) is 9.29. The van der Waals surface area contributed by atoms with Gasteiger partial charge in [0.1, 0.15) is 0 Å². The lowest BCUT2D eigenvalue weighted by atomic mass is 9.96. The van der Waals surface area contributed by atoms with E-state index in [9.17, 15) is 0 Å². The Morgan fingerprint density at radius 1 is 1.21 bits per heavy atom. The largest absolute Gasteiger partial charge is 0.314 e. The summed E-state index contributed by atoms with van der Waals surface area (Å²) in [6, 6.07) is 5.05. The van der Waals surface area contributed by atoms with Crippen LogP contribution in [-0.4, -0.2) is 35.6 Å². The molecule has 1 aromatic rings. The molecule has 0 aromatic carbocycles. The number of aromatic nitrogens is 1. The Bertz CT molecular complexity index is 394. The zero-order chi connectivity index (χ0) is 13.1. The van der Waals surface area contributed by atoms with Crippen LogP contribution in [0.5, 0.6) is 0 Å². The van der Waals surface area contributed by atoms with E-state index in [0.717, 1.165) is 23.0 Å². The Morgan fingerprint density at radius 3 is 2.63 bits per heavy atom. The van der Waals surface area contributed by atoms with Gasteiger partial charge in [0.05, 0.1) is 5.69 Å². The fourth-order valence-electron chi connectivity index (χ4n) is 2.70. The van der Waals surface area contributed by atoms with Crippen molar-refractivity contribution in [2.24, 2.45) is 5.92 Å². The number of rotatable bonds is 5. The van der Waals surface area contributed by atoms with E-state index in [0.29, 0.717) is 0 Å². The first-order valence-electron chi connectivity index (χ1n) is 7.36. The number of nitrogens with zero attached hydrogens (tertiary/aromatic N) is 2. The lowest BCUT2D eigenvalue weighted by Crippen LogP contribution is -2.37. The summed E-state index contributed by atoms with van der Waals surface area (Å²) in [5.41, 5.74) is 1.18. The molecule has 2 heterocycles. The third kappa shape index (κ3) is 4.26. The zero-order valence-electron chi connectivity index (χ0n) is 11.3. The van der Waals surface area contributed by atoms with E-state index in [-0.39, 0.29) is 0 Å².